The van der Waals surface area contributed by atoms with E-state index in [1.165, 1.54) is 51.4 Å². The maximum absolute atomic E-state index is 12.8. The van der Waals surface area contributed by atoms with Crippen LogP contribution in [0.2, 0.25) is 0 Å². The molecule has 0 bridgehead atoms. The Morgan fingerprint density at radius 2 is 0.563 bits per heavy atom. The molecular formula is C65H100O6. The first-order valence-electron chi connectivity index (χ1n) is 28.0. The van der Waals surface area contributed by atoms with E-state index in [9.17, 15) is 14.4 Å². The van der Waals surface area contributed by atoms with Gasteiger partial charge in [0.05, 0.1) is 0 Å². The van der Waals surface area contributed by atoms with E-state index in [-0.39, 0.29) is 50.4 Å². The summed E-state index contributed by atoms with van der Waals surface area (Å²) >= 11 is 0. The molecule has 1 atom stereocenters. The third-order valence-corrected chi connectivity index (χ3v) is 11.0. The van der Waals surface area contributed by atoms with Gasteiger partial charge in [0.25, 0.3) is 0 Å². The molecule has 6 heteroatoms. The second-order valence-corrected chi connectivity index (χ2v) is 17.7. The molecule has 0 fully saturated rings. The molecule has 71 heavy (non-hydrogen) atoms. The summed E-state index contributed by atoms with van der Waals surface area (Å²) in [5, 5.41) is 0. The number of carbonyl (C=O) groups excluding carboxylic acids is 3. The van der Waals surface area contributed by atoms with Gasteiger partial charge in [-0.1, -0.05) is 211 Å². The first-order valence-corrected chi connectivity index (χ1v) is 28.0. The van der Waals surface area contributed by atoms with Gasteiger partial charge in [0, 0.05) is 19.3 Å². The summed E-state index contributed by atoms with van der Waals surface area (Å²) in [5.41, 5.74) is 0. The van der Waals surface area contributed by atoms with E-state index in [0.717, 1.165) is 103 Å². The Bertz CT molecular complexity index is 1640. The Morgan fingerprint density at radius 1 is 0.296 bits per heavy atom. The van der Waals surface area contributed by atoms with Crippen LogP contribution in [0.15, 0.2) is 158 Å². The molecule has 0 aliphatic rings. The molecule has 0 unspecified atom stereocenters. The predicted molar refractivity (Wildman–Crippen MR) is 306 cm³/mol. The minimum Gasteiger partial charge on any atom is -0.462 e. The number of esters is 3. The van der Waals surface area contributed by atoms with Crippen molar-refractivity contribution in [3.05, 3.63) is 158 Å². The van der Waals surface area contributed by atoms with Crippen LogP contribution >= 0.6 is 0 Å². The van der Waals surface area contributed by atoms with Gasteiger partial charge in [-0.05, 0) is 141 Å². The van der Waals surface area contributed by atoms with Crippen LogP contribution in [0.25, 0.3) is 0 Å². The van der Waals surface area contributed by atoms with Crippen molar-refractivity contribution in [2.24, 2.45) is 0 Å². The van der Waals surface area contributed by atoms with Gasteiger partial charge in [0.2, 0.25) is 0 Å². The molecule has 0 aromatic carbocycles. The molecule has 396 valence electrons. The van der Waals surface area contributed by atoms with Crippen molar-refractivity contribution >= 4 is 17.9 Å². The van der Waals surface area contributed by atoms with Crippen molar-refractivity contribution in [3.8, 4) is 0 Å². The van der Waals surface area contributed by atoms with Crippen LogP contribution in [0, 0.1) is 0 Å². The van der Waals surface area contributed by atoms with Crippen LogP contribution < -0.4 is 0 Å². The number of hydrogen-bond donors (Lipinski definition) is 0. The molecule has 0 amide bonds. The monoisotopic (exact) mass is 977 g/mol. The van der Waals surface area contributed by atoms with Gasteiger partial charge in [-0.3, -0.25) is 14.4 Å². The van der Waals surface area contributed by atoms with Crippen molar-refractivity contribution in [3.63, 3.8) is 0 Å². The Morgan fingerprint density at radius 3 is 0.873 bits per heavy atom. The smallest absolute Gasteiger partial charge is 0.306 e. The van der Waals surface area contributed by atoms with Crippen molar-refractivity contribution < 1.29 is 28.6 Å². The van der Waals surface area contributed by atoms with Crippen molar-refractivity contribution in [2.45, 2.75) is 219 Å². The van der Waals surface area contributed by atoms with E-state index in [1.54, 1.807) is 0 Å². The fourth-order valence-electron chi connectivity index (χ4n) is 6.80. The molecule has 0 radical (unpaired) electrons. The molecule has 0 saturated carbocycles. The highest BCUT2D eigenvalue weighted by atomic mass is 16.6. The molecule has 0 saturated heterocycles. The predicted octanol–water partition coefficient (Wildman–Crippen LogP) is 19.0. The summed E-state index contributed by atoms with van der Waals surface area (Å²) in [4.78, 5) is 38.1. The zero-order valence-corrected chi connectivity index (χ0v) is 45.2. The summed E-state index contributed by atoms with van der Waals surface area (Å²) in [5.74, 6) is -1.10. The third kappa shape index (κ3) is 55.8. The van der Waals surface area contributed by atoms with Crippen LogP contribution in [-0.2, 0) is 28.6 Å². The molecule has 0 aromatic rings. The van der Waals surface area contributed by atoms with Crippen LogP contribution in [0.3, 0.4) is 0 Å². The number of allylic oxidation sites excluding steroid dienone is 26. The first kappa shape index (κ1) is 66.0. The summed E-state index contributed by atoms with van der Waals surface area (Å²) < 4.78 is 16.7. The molecule has 0 N–H and O–H groups in total. The summed E-state index contributed by atoms with van der Waals surface area (Å²) in [6, 6.07) is 0. The number of carbonyl (C=O) groups is 3. The van der Waals surface area contributed by atoms with Crippen LogP contribution in [0.1, 0.15) is 213 Å². The SMILES string of the molecule is CC/C=C\C/C=C\C/C=C\C/C=C\C/C=C\CCCC(=O)OC[C@H](COC(=O)CCC/C=C\C/C=C\C/C=C\C/C=C\CCCCC)OC(=O)CCCCC/C=C\C/C=C\C/C=C\C/C=C\CCCCC. The summed E-state index contributed by atoms with van der Waals surface area (Å²) in [6.07, 6.45) is 83.8. The van der Waals surface area contributed by atoms with Crippen LogP contribution in [-0.4, -0.2) is 37.2 Å². The van der Waals surface area contributed by atoms with Gasteiger partial charge < -0.3 is 14.2 Å². The molecule has 0 rings (SSSR count). The van der Waals surface area contributed by atoms with Gasteiger partial charge in [0.1, 0.15) is 13.2 Å². The van der Waals surface area contributed by atoms with Gasteiger partial charge in [0.15, 0.2) is 6.10 Å². The van der Waals surface area contributed by atoms with E-state index in [0.29, 0.717) is 19.3 Å². The zero-order chi connectivity index (χ0) is 51.4. The van der Waals surface area contributed by atoms with Crippen LogP contribution in [0.5, 0.6) is 0 Å². The molecule has 6 nitrogen and oxygen atoms in total. The maximum atomic E-state index is 12.8. The average Bonchev–Trinajstić information content (AvgIpc) is 3.37. The molecular weight excluding hydrogens is 877 g/mol. The zero-order valence-electron chi connectivity index (χ0n) is 45.2. The Hall–Kier alpha value is -4.97. The second-order valence-electron chi connectivity index (χ2n) is 17.7. The Kier molecular flexibility index (Phi) is 53.6. The topological polar surface area (TPSA) is 78.9 Å². The average molecular weight is 978 g/mol. The standard InChI is InChI=1S/C65H100O6/c1-4-7-10-13-16-19-22-25-28-31-32-35-38-41-44-47-50-53-56-59-65(68)71-62(60-69-63(66)57-54-51-48-45-42-39-36-33-29-26-23-20-17-14-11-8-5-2)61-70-64(67)58-55-52-49-46-43-40-37-34-30-27-24-21-18-15-12-9-6-3/h8,11,16-21,25-30,32,35-37,39-41,44-46,48-49,62H,4-7,9-10,12-15,22-24,31,33-34,38,42-43,47,50-61H2,1-3H3/b11-8-,19-16-,20-17-,21-18-,28-25-,29-26-,30-27-,35-32-,39-36-,40-37-,44-41-,48-45-,49-46-/t62-/m1/s1. The molecule has 0 aromatic heterocycles. The normalized spacial score (nSPS) is 13.3. The largest absolute Gasteiger partial charge is 0.462 e. The summed E-state index contributed by atoms with van der Waals surface area (Å²) in [7, 11) is 0. The Balaban J connectivity index is 4.66. The number of unbranched alkanes of at least 4 members (excludes halogenated alkanes) is 11. The third-order valence-electron chi connectivity index (χ3n) is 11.0. The number of ether oxygens (including phenoxy) is 3. The van der Waals surface area contributed by atoms with E-state index in [1.807, 2.05) is 0 Å². The highest BCUT2D eigenvalue weighted by molar-refractivity contribution is 5.71. The van der Waals surface area contributed by atoms with E-state index in [2.05, 4.69) is 179 Å². The van der Waals surface area contributed by atoms with Gasteiger partial charge in [-0.15, -0.1) is 0 Å². The number of rotatable bonds is 48. The lowest BCUT2D eigenvalue weighted by atomic mass is 10.1. The molecule has 0 aliphatic carbocycles. The molecule has 0 spiro atoms. The fourth-order valence-corrected chi connectivity index (χ4v) is 6.80. The van der Waals surface area contributed by atoms with E-state index in [4.69, 9.17) is 14.2 Å². The van der Waals surface area contributed by atoms with Gasteiger partial charge in [-0.25, -0.2) is 0 Å². The fraction of sp³-hybridized carbons (Fsp3) is 0.554. The lowest BCUT2D eigenvalue weighted by molar-refractivity contribution is -0.167. The molecule has 0 aliphatic heterocycles. The summed E-state index contributed by atoms with van der Waals surface area (Å²) in [6.45, 7) is 6.32. The van der Waals surface area contributed by atoms with Crippen molar-refractivity contribution in [2.75, 3.05) is 13.2 Å². The highest BCUT2D eigenvalue weighted by Gasteiger charge is 2.19. The van der Waals surface area contributed by atoms with E-state index >= 15 is 0 Å². The van der Waals surface area contributed by atoms with Gasteiger partial charge >= 0.3 is 17.9 Å². The van der Waals surface area contributed by atoms with Crippen LogP contribution in [0.4, 0.5) is 0 Å². The highest BCUT2D eigenvalue weighted by Crippen LogP contribution is 2.10. The lowest BCUT2D eigenvalue weighted by Crippen LogP contribution is -2.30. The lowest BCUT2D eigenvalue weighted by Gasteiger charge is -2.18. The second kappa shape index (κ2) is 57.6. The van der Waals surface area contributed by atoms with E-state index < -0.39 is 6.10 Å². The minimum atomic E-state index is -0.849. The van der Waals surface area contributed by atoms with Crippen molar-refractivity contribution in [1.82, 2.24) is 0 Å². The maximum Gasteiger partial charge on any atom is 0.306 e. The molecule has 0 heterocycles. The van der Waals surface area contributed by atoms with Crippen molar-refractivity contribution in [1.29, 1.82) is 0 Å². The quantitative estimate of drug-likeness (QED) is 0.0262. The first-order chi connectivity index (χ1) is 35.0. The Labute approximate surface area is 435 Å². The number of hydrogen-bond acceptors (Lipinski definition) is 6. The van der Waals surface area contributed by atoms with Gasteiger partial charge in [-0.2, -0.15) is 0 Å². The minimum absolute atomic E-state index is 0.145.